The largest absolute Gasteiger partial charge is 0.494 e. The lowest BCUT2D eigenvalue weighted by molar-refractivity contribution is -0.118. The molecular weight excluding hydrogens is 446 g/mol. The molecule has 1 aliphatic carbocycles. The minimum atomic E-state index is -0.716. The Hall–Kier alpha value is -3.45. The van der Waals surface area contributed by atoms with Gasteiger partial charge in [0, 0.05) is 16.6 Å². The van der Waals surface area contributed by atoms with Crippen LogP contribution in [0, 0.1) is 0 Å². The summed E-state index contributed by atoms with van der Waals surface area (Å²) < 4.78 is 6.86. The van der Waals surface area contributed by atoms with Crippen molar-refractivity contribution in [3.63, 3.8) is 0 Å². The molecule has 7 heteroatoms. The number of fused-ring (bicyclic) bond motifs is 2. The molecule has 0 saturated carbocycles. The second kappa shape index (κ2) is 9.43. The number of carbonyl (C=O) groups is 1. The normalized spacial score (nSPS) is 13.9. The predicted molar refractivity (Wildman–Crippen MR) is 137 cm³/mol. The molecule has 1 amide bonds. The molecule has 6 nitrogen and oxygen atoms in total. The molecule has 1 aliphatic rings. The van der Waals surface area contributed by atoms with Crippen molar-refractivity contribution >= 4 is 33.1 Å². The first-order valence-corrected chi connectivity index (χ1v) is 12.6. The summed E-state index contributed by atoms with van der Waals surface area (Å²) in [6.07, 6.45) is 6.11. The second-order valence-electron chi connectivity index (χ2n) is 8.60. The van der Waals surface area contributed by atoms with Gasteiger partial charge >= 0.3 is 0 Å². The Balaban J connectivity index is 1.44. The van der Waals surface area contributed by atoms with E-state index >= 15 is 0 Å². The zero-order valence-electron chi connectivity index (χ0n) is 19.3. The first kappa shape index (κ1) is 22.3. The van der Waals surface area contributed by atoms with Crippen LogP contribution in [0.3, 0.4) is 0 Å². The van der Waals surface area contributed by atoms with E-state index in [0.29, 0.717) is 22.5 Å². The fourth-order valence-corrected chi connectivity index (χ4v) is 5.42. The van der Waals surface area contributed by atoms with E-state index in [-0.39, 0.29) is 11.5 Å². The highest BCUT2D eigenvalue weighted by Crippen LogP contribution is 2.33. The van der Waals surface area contributed by atoms with Crippen LogP contribution in [0.15, 0.2) is 59.0 Å². The van der Waals surface area contributed by atoms with Gasteiger partial charge in [0.2, 0.25) is 5.91 Å². The van der Waals surface area contributed by atoms with Crippen LogP contribution >= 0.6 is 11.3 Å². The standard InChI is InChI=1S/C27H27N3O3S/c1-3-33-22-12-10-21(11-13-22)29-25(31)17(2)30-16-28-26-24(27(30)32)23(15-34-26)20-9-8-18-6-4-5-7-19(18)14-20/h8-17H,3-7H2,1-2H3,(H,29,31). The monoisotopic (exact) mass is 473 g/mol. The smallest absolute Gasteiger partial charge is 0.263 e. The maximum absolute atomic E-state index is 13.5. The van der Waals surface area contributed by atoms with Crippen LogP contribution in [0.2, 0.25) is 0 Å². The van der Waals surface area contributed by atoms with Crippen molar-refractivity contribution in [2.75, 3.05) is 11.9 Å². The fraction of sp³-hybridized carbons (Fsp3) is 0.296. The van der Waals surface area contributed by atoms with E-state index in [4.69, 9.17) is 4.74 Å². The van der Waals surface area contributed by atoms with E-state index in [0.717, 1.165) is 29.7 Å². The van der Waals surface area contributed by atoms with Gasteiger partial charge in [-0.15, -0.1) is 11.3 Å². The van der Waals surface area contributed by atoms with Crippen LogP contribution < -0.4 is 15.6 Å². The number of benzene rings is 2. The number of aryl methyl sites for hydroxylation is 2. The van der Waals surface area contributed by atoms with Gasteiger partial charge in [0.1, 0.15) is 16.6 Å². The van der Waals surface area contributed by atoms with Gasteiger partial charge in [-0.3, -0.25) is 14.2 Å². The van der Waals surface area contributed by atoms with Gasteiger partial charge in [-0.05, 0) is 80.5 Å². The average Bonchev–Trinajstić information content (AvgIpc) is 3.30. The van der Waals surface area contributed by atoms with E-state index in [2.05, 4.69) is 28.5 Å². The van der Waals surface area contributed by atoms with Gasteiger partial charge in [-0.25, -0.2) is 4.98 Å². The third-order valence-electron chi connectivity index (χ3n) is 6.41. The van der Waals surface area contributed by atoms with Crippen LogP contribution in [0.4, 0.5) is 5.69 Å². The molecule has 1 unspecified atom stereocenters. The van der Waals surface area contributed by atoms with E-state index < -0.39 is 6.04 Å². The number of rotatable bonds is 6. The van der Waals surface area contributed by atoms with E-state index in [9.17, 15) is 9.59 Å². The Labute approximate surface area is 202 Å². The number of ether oxygens (including phenoxy) is 1. The van der Waals surface area contributed by atoms with Gasteiger partial charge in [-0.2, -0.15) is 0 Å². The van der Waals surface area contributed by atoms with Crippen molar-refractivity contribution in [2.24, 2.45) is 0 Å². The maximum atomic E-state index is 13.5. The summed E-state index contributed by atoms with van der Waals surface area (Å²) in [6.45, 7) is 4.21. The molecule has 2 aromatic carbocycles. The molecule has 2 heterocycles. The maximum Gasteiger partial charge on any atom is 0.263 e. The molecule has 174 valence electrons. The van der Waals surface area contributed by atoms with Crippen molar-refractivity contribution in [1.29, 1.82) is 0 Å². The van der Waals surface area contributed by atoms with E-state index in [1.165, 1.54) is 46.2 Å². The van der Waals surface area contributed by atoms with Crippen LogP contribution in [0.5, 0.6) is 5.75 Å². The predicted octanol–water partition coefficient (Wildman–Crippen LogP) is 5.60. The Bertz CT molecular complexity index is 1410. The Morgan fingerprint density at radius 1 is 1.15 bits per heavy atom. The van der Waals surface area contributed by atoms with Gasteiger partial charge in [0.15, 0.2) is 0 Å². The van der Waals surface area contributed by atoms with Gasteiger partial charge < -0.3 is 10.1 Å². The number of carbonyl (C=O) groups excluding carboxylic acids is 1. The van der Waals surface area contributed by atoms with Crippen molar-refractivity contribution in [3.8, 4) is 16.9 Å². The molecule has 5 rings (SSSR count). The van der Waals surface area contributed by atoms with Gasteiger partial charge in [-0.1, -0.05) is 18.2 Å². The SMILES string of the molecule is CCOc1ccc(NC(=O)C(C)n2cnc3scc(-c4ccc5c(c4)CCCC5)c3c2=O)cc1. The molecule has 34 heavy (non-hydrogen) atoms. The summed E-state index contributed by atoms with van der Waals surface area (Å²) in [5, 5.41) is 5.45. The number of hydrogen-bond acceptors (Lipinski definition) is 5. The lowest BCUT2D eigenvalue weighted by atomic mass is 9.89. The quantitative estimate of drug-likeness (QED) is 0.395. The molecular formula is C27H27N3O3S. The summed E-state index contributed by atoms with van der Waals surface area (Å²) in [6, 6.07) is 13.0. The molecule has 0 fully saturated rings. The lowest BCUT2D eigenvalue weighted by Gasteiger charge is -2.17. The number of nitrogens with zero attached hydrogens (tertiary/aromatic N) is 2. The van der Waals surface area contributed by atoms with Crippen molar-refractivity contribution in [1.82, 2.24) is 9.55 Å². The highest BCUT2D eigenvalue weighted by atomic mass is 32.1. The third kappa shape index (κ3) is 4.23. The molecule has 0 spiro atoms. The number of thiophene rings is 1. The van der Waals surface area contributed by atoms with Gasteiger partial charge in [0.05, 0.1) is 18.3 Å². The molecule has 0 aliphatic heterocycles. The summed E-state index contributed by atoms with van der Waals surface area (Å²) in [5.74, 6) is 0.463. The molecule has 0 bridgehead atoms. The molecule has 4 aromatic rings. The minimum absolute atomic E-state index is 0.201. The molecule has 2 aromatic heterocycles. The van der Waals surface area contributed by atoms with Crippen LogP contribution in [0.1, 0.15) is 43.9 Å². The second-order valence-corrected chi connectivity index (χ2v) is 9.46. The van der Waals surface area contributed by atoms with Crippen LogP contribution in [0.25, 0.3) is 21.3 Å². The number of anilines is 1. The first-order valence-electron chi connectivity index (χ1n) is 11.7. The Kier molecular flexibility index (Phi) is 6.20. The Morgan fingerprint density at radius 2 is 1.91 bits per heavy atom. The molecule has 0 saturated heterocycles. The first-order chi connectivity index (χ1) is 16.5. The van der Waals surface area contributed by atoms with E-state index in [1.54, 1.807) is 31.2 Å². The molecule has 1 atom stereocenters. The number of hydrogen-bond donors (Lipinski definition) is 1. The number of amides is 1. The average molecular weight is 474 g/mol. The zero-order chi connectivity index (χ0) is 23.7. The van der Waals surface area contributed by atoms with Crippen molar-refractivity contribution in [3.05, 3.63) is 75.7 Å². The summed E-state index contributed by atoms with van der Waals surface area (Å²) in [4.78, 5) is 31.6. The highest BCUT2D eigenvalue weighted by Gasteiger charge is 2.21. The number of aromatic nitrogens is 2. The van der Waals surface area contributed by atoms with Crippen molar-refractivity contribution < 1.29 is 9.53 Å². The zero-order valence-corrected chi connectivity index (χ0v) is 20.2. The fourth-order valence-electron chi connectivity index (χ4n) is 4.51. The summed E-state index contributed by atoms with van der Waals surface area (Å²) in [5.41, 5.74) is 5.15. The summed E-state index contributed by atoms with van der Waals surface area (Å²) >= 11 is 1.46. The molecule has 1 N–H and O–H groups in total. The topological polar surface area (TPSA) is 73.2 Å². The molecule has 0 radical (unpaired) electrons. The minimum Gasteiger partial charge on any atom is -0.494 e. The van der Waals surface area contributed by atoms with Crippen LogP contribution in [-0.4, -0.2) is 22.1 Å². The lowest BCUT2D eigenvalue weighted by Crippen LogP contribution is -2.31. The third-order valence-corrected chi connectivity index (χ3v) is 7.29. The van der Waals surface area contributed by atoms with Crippen LogP contribution in [-0.2, 0) is 17.6 Å². The van der Waals surface area contributed by atoms with Crippen molar-refractivity contribution in [2.45, 2.75) is 45.6 Å². The highest BCUT2D eigenvalue weighted by molar-refractivity contribution is 7.17. The van der Waals surface area contributed by atoms with Gasteiger partial charge in [0.25, 0.3) is 5.56 Å². The summed E-state index contributed by atoms with van der Waals surface area (Å²) in [7, 11) is 0. The number of nitrogens with one attached hydrogen (secondary N) is 1. The van der Waals surface area contributed by atoms with E-state index in [1.807, 2.05) is 12.3 Å². The Morgan fingerprint density at radius 3 is 2.68 bits per heavy atom.